The van der Waals surface area contributed by atoms with Crippen LogP contribution < -0.4 is 0 Å². The lowest BCUT2D eigenvalue weighted by Gasteiger charge is -2.15. The predicted octanol–water partition coefficient (Wildman–Crippen LogP) is 2.33. The lowest BCUT2D eigenvalue weighted by atomic mass is 9.91. The molecule has 0 saturated heterocycles. The molecule has 1 fully saturated rings. The Hall–Kier alpha value is -1.45. The largest absolute Gasteiger partial charge is 0.481 e. The zero-order valence-corrected chi connectivity index (χ0v) is 8.41. The molecule has 0 amide bonds. The molecule has 84 valence electrons. The average Bonchev–Trinajstić information content (AvgIpc) is 2.97. The molecule has 1 aromatic rings. The molecule has 0 heterocycles. The van der Waals surface area contributed by atoms with Crippen LogP contribution in [-0.4, -0.2) is 11.1 Å². The normalized spacial score (nSPS) is 30.5. The molecule has 3 atom stereocenters. The Morgan fingerprint density at radius 3 is 2.69 bits per heavy atom. The van der Waals surface area contributed by atoms with Crippen LogP contribution >= 0.6 is 0 Å². The van der Waals surface area contributed by atoms with E-state index < -0.39 is 23.5 Å². The topological polar surface area (TPSA) is 37.3 Å². The number of halogens is 2. The van der Waals surface area contributed by atoms with E-state index in [1.807, 2.05) is 0 Å². The fraction of sp³-hybridized carbons (Fsp3) is 0.417. The van der Waals surface area contributed by atoms with Gasteiger partial charge < -0.3 is 5.11 Å². The van der Waals surface area contributed by atoms with Crippen molar-refractivity contribution in [1.82, 2.24) is 0 Å². The first kappa shape index (κ1) is 9.75. The molecule has 3 unspecified atom stereocenters. The zero-order valence-electron chi connectivity index (χ0n) is 8.41. The van der Waals surface area contributed by atoms with Crippen LogP contribution in [0.15, 0.2) is 12.1 Å². The van der Waals surface area contributed by atoms with Gasteiger partial charge in [0.2, 0.25) is 0 Å². The van der Waals surface area contributed by atoms with Crippen molar-refractivity contribution in [3.05, 3.63) is 34.9 Å². The summed E-state index contributed by atoms with van der Waals surface area (Å²) in [6.45, 7) is 0. The third-order valence-electron chi connectivity index (χ3n) is 3.76. The number of benzene rings is 1. The number of aliphatic carboxylic acids is 1. The summed E-state index contributed by atoms with van der Waals surface area (Å²) in [4.78, 5) is 10.9. The van der Waals surface area contributed by atoms with Crippen LogP contribution in [0.25, 0.3) is 0 Å². The van der Waals surface area contributed by atoms with Crippen molar-refractivity contribution in [2.75, 3.05) is 0 Å². The molecular weight excluding hydrogens is 214 g/mol. The van der Waals surface area contributed by atoms with E-state index >= 15 is 0 Å². The van der Waals surface area contributed by atoms with Crippen molar-refractivity contribution in [2.24, 2.45) is 11.8 Å². The van der Waals surface area contributed by atoms with Crippen molar-refractivity contribution < 1.29 is 18.7 Å². The molecule has 2 nitrogen and oxygen atoms in total. The molecule has 4 heteroatoms. The second-order valence-electron chi connectivity index (χ2n) is 4.51. The lowest BCUT2D eigenvalue weighted by Crippen LogP contribution is -2.07. The van der Waals surface area contributed by atoms with Crippen molar-refractivity contribution in [1.29, 1.82) is 0 Å². The van der Waals surface area contributed by atoms with Gasteiger partial charge in [0, 0.05) is 5.92 Å². The number of fused-ring (bicyclic) bond motifs is 3. The Morgan fingerprint density at radius 2 is 2.00 bits per heavy atom. The van der Waals surface area contributed by atoms with E-state index in [0.717, 1.165) is 12.1 Å². The number of hydrogen-bond donors (Lipinski definition) is 1. The minimum atomic E-state index is -0.897. The van der Waals surface area contributed by atoms with Crippen LogP contribution in [0, 0.1) is 23.5 Å². The van der Waals surface area contributed by atoms with Gasteiger partial charge in [0.25, 0.3) is 0 Å². The van der Waals surface area contributed by atoms with Gasteiger partial charge in [0.05, 0.1) is 5.92 Å². The Bertz CT molecular complexity index is 484. The van der Waals surface area contributed by atoms with Crippen molar-refractivity contribution >= 4 is 5.97 Å². The van der Waals surface area contributed by atoms with Crippen LogP contribution in [0.4, 0.5) is 8.78 Å². The molecule has 0 bridgehead atoms. The van der Waals surface area contributed by atoms with Gasteiger partial charge in [-0.15, -0.1) is 0 Å². The predicted molar refractivity (Wildman–Crippen MR) is 52.0 cm³/mol. The van der Waals surface area contributed by atoms with Gasteiger partial charge in [-0.1, -0.05) is 0 Å². The van der Waals surface area contributed by atoms with Crippen LogP contribution in [-0.2, 0) is 11.2 Å². The highest BCUT2D eigenvalue weighted by Gasteiger charge is 2.58. The Kier molecular flexibility index (Phi) is 1.85. The number of hydrogen-bond acceptors (Lipinski definition) is 1. The Labute approximate surface area is 90.9 Å². The maximum atomic E-state index is 13.6. The maximum Gasteiger partial charge on any atom is 0.307 e. The van der Waals surface area contributed by atoms with Crippen molar-refractivity contribution in [3.63, 3.8) is 0 Å². The average molecular weight is 224 g/mol. The molecule has 1 N–H and O–H groups in total. The first-order valence-corrected chi connectivity index (χ1v) is 5.31. The summed E-state index contributed by atoms with van der Waals surface area (Å²) in [5.41, 5.74) is 0.689. The summed E-state index contributed by atoms with van der Waals surface area (Å²) in [5, 5.41) is 8.95. The number of rotatable bonds is 1. The van der Waals surface area contributed by atoms with E-state index in [4.69, 9.17) is 5.11 Å². The highest BCUT2D eigenvalue weighted by molar-refractivity contribution is 5.77. The minimum Gasteiger partial charge on any atom is -0.481 e. The van der Waals surface area contributed by atoms with Gasteiger partial charge >= 0.3 is 5.97 Å². The summed E-state index contributed by atoms with van der Waals surface area (Å²) < 4.78 is 27.1. The SMILES string of the molecule is O=C(O)C1C2CCc3c(F)ccc(F)c3C21. The van der Waals surface area contributed by atoms with Crippen molar-refractivity contribution in [3.8, 4) is 0 Å². The summed E-state index contributed by atoms with van der Waals surface area (Å²) in [5.74, 6) is -2.59. The Balaban J connectivity index is 2.10. The van der Waals surface area contributed by atoms with Crippen LogP contribution in [0.1, 0.15) is 23.5 Å². The monoisotopic (exact) mass is 224 g/mol. The Morgan fingerprint density at radius 1 is 1.31 bits per heavy atom. The van der Waals surface area contributed by atoms with Gasteiger partial charge in [-0.2, -0.15) is 0 Å². The molecule has 0 aliphatic heterocycles. The fourth-order valence-electron chi connectivity index (χ4n) is 3.00. The van der Waals surface area contributed by atoms with E-state index in [0.29, 0.717) is 24.0 Å². The van der Waals surface area contributed by atoms with Crippen molar-refractivity contribution in [2.45, 2.75) is 18.8 Å². The van der Waals surface area contributed by atoms with Gasteiger partial charge in [-0.3, -0.25) is 4.79 Å². The minimum absolute atomic E-state index is 0.00120. The first-order valence-electron chi connectivity index (χ1n) is 5.31. The quantitative estimate of drug-likeness (QED) is 0.794. The maximum absolute atomic E-state index is 13.6. The van der Waals surface area contributed by atoms with Gasteiger partial charge in [0.15, 0.2) is 0 Å². The molecule has 3 rings (SSSR count). The van der Waals surface area contributed by atoms with Gasteiger partial charge in [0.1, 0.15) is 11.6 Å². The standard InChI is InChI=1S/C12H10F2O2/c13-7-3-4-8(14)9-5(7)1-2-6-10(9)11(6)12(15)16/h3-4,6,10-11H,1-2H2,(H,15,16). The third-order valence-corrected chi connectivity index (χ3v) is 3.76. The zero-order chi connectivity index (χ0) is 11.4. The van der Waals surface area contributed by atoms with E-state index in [-0.39, 0.29) is 11.8 Å². The molecular formula is C12H10F2O2. The molecule has 2 aliphatic carbocycles. The molecule has 0 spiro atoms. The molecule has 1 saturated carbocycles. The number of carboxylic acids is 1. The van der Waals surface area contributed by atoms with Gasteiger partial charge in [-0.25, -0.2) is 8.78 Å². The van der Waals surface area contributed by atoms with Crippen LogP contribution in [0.2, 0.25) is 0 Å². The number of carboxylic acid groups (broad SMARTS) is 1. The second-order valence-corrected chi connectivity index (χ2v) is 4.51. The van der Waals surface area contributed by atoms with E-state index in [9.17, 15) is 13.6 Å². The highest BCUT2D eigenvalue weighted by atomic mass is 19.1. The first-order chi connectivity index (χ1) is 7.61. The second kappa shape index (κ2) is 3.03. The highest BCUT2D eigenvalue weighted by Crippen LogP contribution is 2.60. The summed E-state index contributed by atoms with van der Waals surface area (Å²) in [6.07, 6.45) is 1.10. The van der Waals surface area contributed by atoms with Gasteiger partial charge in [-0.05, 0) is 42.0 Å². The molecule has 0 radical (unpaired) electrons. The summed E-state index contributed by atoms with van der Waals surface area (Å²) >= 11 is 0. The fourth-order valence-corrected chi connectivity index (χ4v) is 3.00. The van der Waals surface area contributed by atoms with E-state index in [2.05, 4.69) is 0 Å². The number of carbonyl (C=O) groups is 1. The van der Waals surface area contributed by atoms with E-state index in [1.165, 1.54) is 0 Å². The van der Waals surface area contributed by atoms with E-state index in [1.54, 1.807) is 0 Å². The molecule has 2 aliphatic rings. The molecule has 16 heavy (non-hydrogen) atoms. The summed E-state index contributed by atoms with van der Waals surface area (Å²) in [7, 11) is 0. The smallest absolute Gasteiger partial charge is 0.307 e. The van der Waals surface area contributed by atoms with Crippen LogP contribution in [0.3, 0.4) is 0 Å². The molecule has 0 aromatic heterocycles. The van der Waals surface area contributed by atoms with Crippen LogP contribution in [0.5, 0.6) is 0 Å². The summed E-state index contributed by atoms with van der Waals surface area (Å²) in [6, 6.07) is 2.21. The lowest BCUT2D eigenvalue weighted by molar-refractivity contribution is -0.139. The molecule has 1 aromatic carbocycles. The third kappa shape index (κ3) is 1.13.